The maximum atomic E-state index is 11.9. The molecule has 1 amide bonds. The van der Waals surface area contributed by atoms with Gasteiger partial charge in [-0.25, -0.2) is 5.43 Å². The Morgan fingerprint density at radius 1 is 1.30 bits per heavy atom. The summed E-state index contributed by atoms with van der Waals surface area (Å²) in [6.07, 6.45) is 7.04. The molecule has 1 N–H and O–H groups in total. The molecule has 4 heteroatoms. The van der Waals surface area contributed by atoms with E-state index in [0.717, 1.165) is 28.9 Å². The van der Waals surface area contributed by atoms with Crippen molar-refractivity contribution >= 4 is 27.5 Å². The van der Waals surface area contributed by atoms with Gasteiger partial charge in [-0.3, -0.25) is 4.79 Å². The molecule has 1 fully saturated rings. The summed E-state index contributed by atoms with van der Waals surface area (Å²) in [5, 5.41) is 4.28. The van der Waals surface area contributed by atoms with Gasteiger partial charge in [0.15, 0.2) is 0 Å². The Morgan fingerprint density at radius 2 is 1.95 bits per heavy atom. The van der Waals surface area contributed by atoms with Crippen LogP contribution in [0.4, 0.5) is 0 Å². The summed E-state index contributed by atoms with van der Waals surface area (Å²) in [6, 6.07) is 7.30. The zero-order chi connectivity index (χ0) is 14.4. The molecule has 1 saturated carbocycles. The Balaban J connectivity index is 1.84. The van der Waals surface area contributed by atoms with E-state index in [0.29, 0.717) is 5.56 Å². The van der Waals surface area contributed by atoms with E-state index in [9.17, 15) is 4.79 Å². The van der Waals surface area contributed by atoms with E-state index >= 15 is 0 Å². The Bertz CT molecular complexity index is 472. The lowest BCUT2D eigenvalue weighted by Gasteiger charge is -2.22. The number of carbonyl (C=O) groups excluding carboxylic acids is 1. The second-order valence-electron chi connectivity index (χ2n) is 5.36. The van der Waals surface area contributed by atoms with Gasteiger partial charge in [-0.2, -0.15) is 5.10 Å². The van der Waals surface area contributed by atoms with Gasteiger partial charge in [0.2, 0.25) is 0 Å². The number of hydrogen-bond acceptors (Lipinski definition) is 2. The topological polar surface area (TPSA) is 41.5 Å². The molecule has 0 heterocycles. The van der Waals surface area contributed by atoms with Gasteiger partial charge < -0.3 is 0 Å². The normalized spacial score (nSPS) is 18.7. The predicted molar refractivity (Wildman–Crippen MR) is 85.9 cm³/mol. The highest BCUT2D eigenvalue weighted by Crippen LogP contribution is 2.25. The molecular weight excluding hydrogens is 316 g/mol. The average molecular weight is 337 g/mol. The molecule has 0 aromatic heterocycles. The van der Waals surface area contributed by atoms with Gasteiger partial charge in [-0.15, -0.1) is 0 Å². The van der Waals surface area contributed by atoms with Gasteiger partial charge in [-0.1, -0.05) is 35.7 Å². The molecule has 20 heavy (non-hydrogen) atoms. The highest BCUT2D eigenvalue weighted by molar-refractivity contribution is 9.10. The first-order valence-corrected chi connectivity index (χ1v) is 8.09. The van der Waals surface area contributed by atoms with E-state index in [4.69, 9.17) is 0 Å². The number of hydrazone groups is 1. The maximum absolute atomic E-state index is 11.9. The van der Waals surface area contributed by atoms with Crippen LogP contribution in [0.25, 0.3) is 0 Å². The van der Waals surface area contributed by atoms with E-state index < -0.39 is 0 Å². The van der Waals surface area contributed by atoms with Gasteiger partial charge in [0.1, 0.15) is 0 Å². The quantitative estimate of drug-likeness (QED) is 0.806. The van der Waals surface area contributed by atoms with Crippen molar-refractivity contribution in [1.82, 2.24) is 5.43 Å². The van der Waals surface area contributed by atoms with Crippen molar-refractivity contribution in [2.45, 2.75) is 45.4 Å². The van der Waals surface area contributed by atoms with Crippen LogP contribution in [0, 0.1) is 5.92 Å². The average Bonchev–Trinajstić information content (AvgIpc) is 2.47. The molecule has 1 aromatic carbocycles. The second-order valence-corrected chi connectivity index (χ2v) is 6.27. The first-order chi connectivity index (χ1) is 9.69. The number of amides is 1. The third kappa shape index (κ3) is 4.44. The summed E-state index contributed by atoms with van der Waals surface area (Å²) >= 11 is 3.36. The molecule has 0 unspecified atom stereocenters. The van der Waals surface area contributed by atoms with Gasteiger partial charge in [0, 0.05) is 15.7 Å². The SMILES string of the molecule is CCCC1CCC(=NNC(=O)c2ccc(Br)cc2)CC1. The summed E-state index contributed by atoms with van der Waals surface area (Å²) in [5.41, 5.74) is 4.43. The first kappa shape index (κ1) is 15.2. The fourth-order valence-corrected chi connectivity index (χ4v) is 2.88. The van der Waals surface area contributed by atoms with Crippen molar-refractivity contribution in [3.05, 3.63) is 34.3 Å². The van der Waals surface area contributed by atoms with E-state index in [2.05, 4.69) is 33.4 Å². The molecule has 0 bridgehead atoms. The van der Waals surface area contributed by atoms with Crippen molar-refractivity contribution in [2.24, 2.45) is 11.0 Å². The molecule has 1 aliphatic rings. The zero-order valence-electron chi connectivity index (χ0n) is 11.9. The summed E-state index contributed by atoms with van der Waals surface area (Å²) in [7, 11) is 0. The minimum Gasteiger partial charge on any atom is -0.267 e. The van der Waals surface area contributed by atoms with Gasteiger partial charge >= 0.3 is 0 Å². The molecular formula is C16H21BrN2O. The van der Waals surface area contributed by atoms with Gasteiger partial charge in [0.25, 0.3) is 5.91 Å². The van der Waals surface area contributed by atoms with E-state index in [-0.39, 0.29) is 5.91 Å². The lowest BCUT2D eigenvalue weighted by atomic mass is 9.85. The van der Waals surface area contributed by atoms with Gasteiger partial charge in [-0.05, 0) is 55.9 Å². The third-order valence-electron chi connectivity index (χ3n) is 3.80. The van der Waals surface area contributed by atoms with Gasteiger partial charge in [0.05, 0.1) is 0 Å². The van der Waals surface area contributed by atoms with Crippen LogP contribution in [0.1, 0.15) is 55.8 Å². The number of nitrogens with one attached hydrogen (secondary N) is 1. The third-order valence-corrected chi connectivity index (χ3v) is 4.33. The van der Waals surface area contributed by atoms with E-state index in [1.807, 2.05) is 12.1 Å². The molecule has 0 radical (unpaired) electrons. The highest BCUT2D eigenvalue weighted by atomic mass is 79.9. The molecule has 2 rings (SSSR count). The van der Waals surface area contributed by atoms with E-state index in [1.54, 1.807) is 12.1 Å². The number of nitrogens with zero attached hydrogens (tertiary/aromatic N) is 1. The molecule has 3 nitrogen and oxygen atoms in total. The van der Waals surface area contributed by atoms with Crippen molar-refractivity contribution in [1.29, 1.82) is 0 Å². The minimum atomic E-state index is -0.138. The Kier molecular flexibility index (Phi) is 5.77. The molecule has 1 aromatic rings. The monoisotopic (exact) mass is 336 g/mol. The van der Waals surface area contributed by atoms with Crippen LogP contribution >= 0.6 is 15.9 Å². The van der Waals surface area contributed by atoms with E-state index in [1.165, 1.54) is 25.7 Å². The zero-order valence-corrected chi connectivity index (χ0v) is 13.4. The van der Waals surface area contributed by atoms with Crippen molar-refractivity contribution in [3.8, 4) is 0 Å². The minimum absolute atomic E-state index is 0.138. The van der Waals surface area contributed by atoms with Crippen LogP contribution in [0.2, 0.25) is 0 Å². The molecule has 1 aliphatic carbocycles. The van der Waals surface area contributed by atoms with Crippen molar-refractivity contribution in [3.63, 3.8) is 0 Å². The smallest absolute Gasteiger partial charge is 0.267 e. The molecule has 0 saturated heterocycles. The summed E-state index contributed by atoms with van der Waals surface area (Å²) in [5.74, 6) is 0.710. The van der Waals surface area contributed by atoms with Crippen LogP contribution < -0.4 is 5.43 Å². The highest BCUT2D eigenvalue weighted by Gasteiger charge is 2.17. The standard InChI is InChI=1S/C16H21BrN2O/c1-2-3-12-4-10-15(11-5-12)18-19-16(20)13-6-8-14(17)9-7-13/h6-9,12H,2-5,10-11H2,1H3,(H,19,20). The summed E-state index contributed by atoms with van der Waals surface area (Å²) < 4.78 is 0.967. The molecule has 108 valence electrons. The fourth-order valence-electron chi connectivity index (χ4n) is 2.62. The summed E-state index contributed by atoms with van der Waals surface area (Å²) in [6.45, 7) is 2.24. The fraction of sp³-hybridized carbons (Fsp3) is 0.500. The summed E-state index contributed by atoms with van der Waals surface area (Å²) in [4.78, 5) is 11.9. The van der Waals surface area contributed by atoms with Crippen LogP contribution in [-0.4, -0.2) is 11.6 Å². The van der Waals surface area contributed by atoms with Crippen LogP contribution in [0.5, 0.6) is 0 Å². The number of rotatable bonds is 4. The Hall–Kier alpha value is -1.16. The maximum Gasteiger partial charge on any atom is 0.271 e. The number of benzene rings is 1. The largest absolute Gasteiger partial charge is 0.271 e. The lowest BCUT2D eigenvalue weighted by Crippen LogP contribution is -2.22. The number of hydrogen-bond donors (Lipinski definition) is 1. The number of halogens is 1. The molecule has 0 aliphatic heterocycles. The predicted octanol–water partition coefficient (Wildman–Crippen LogP) is 4.53. The van der Waals surface area contributed by atoms with Crippen molar-refractivity contribution in [2.75, 3.05) is 0 Å². The van der Waals surface area contributed by atoms with Crippen molar-refractivity contribution < 1.29 is 4.79 Å². The molecule has 0 atom stereocenters. The van der Waals surface area contributed by atoms with Crippen LogP contribution in [0.3, 0.4) is 0 Å². The van der Waals surface area contributed by atoms with Crippen LogP contribution in [0.15, 0.2) is 33.8 Å². The lowest BCUT2D eigenvalue weighted by molar-refractivity contribution is 0.0954. The Labute approximate surface area is 129 Å². The first-order valence-electron chi connectivity index (χ1n) is 7.30. The number of carbonyl (C=O) groups is 1. The second kappa shape index (κ2) is 7.58. The molecule has 0 spiro atoms. The Morgan fingerprint density at radius 3 is 2.55 bits per heavy atom. The van der Waals surface area contributed by atoms with Crippen LogP contribution in [-0.2, 0) is 0 Å².